The summed E-state index contributed by atoms with van der Waals surface area (Å²) < 4.78 is 23.9. The summed E-state index contributed by atoms with van der Waals surface area (Å²) in [5, 5.41) is 11.4. The summed E-state index contributed by atoms with van der Waals surface area (Å²) in [6.45, 7) is 5.83. The fourth-order valence-corrected chi connectivity index (χ4v) is 2.27. The summed E-state index contributed by atoms with van der Waals surface area (Å²) in [6.07, 6.45) is 4.28. The predicted molar refractivity (Wildman–Crippen MR) is 79.2 cm³/mol. The number of aromatic nitrogens is 3. The van der Waals surface area contributed by atoms with E-state index in [-0.39, 0.29) is 5.75 Å². The van der Waals surface area contributed by atoms with E-state index in [4.69, 9.17) is 0 Å². The Morgan fingerprint density at radius 2 is 2.15 bits per heavy atom. The van der Waals surface area contributed by atoms with Crippen LogP contribution in [-0.4, -0.2) is 67.0 Å². The number of rotatable bonds is 10. The van der Waals surface area contributed by atoms with E-state index in [0.29, 0.717) is 13.1 Å². The van der Waals surface area contributed by atoms with Crippen molar-refractivity contribution in [1.29, 1.82) is 0 Å². The third-order valence-electron chi connectivity index (χ3n) is 2.87. The second-order valence-corrected chi connectivity index (χ2v) is 7.34. The predicted octanol–water partition coefficient (Wildman–Crippen LogP) is -0.246. The van der Waals surface area contributed by atoms with Crippen LogP contribution in [0, 0.1) is 0 Å². The van der Waals surface area contributed by atoms with Crippen molar-refractivity contribution in [2.45, 2.75) is 26.4 Å². The van der Waals surface area contributed by atoms with Crippen LogP contribution in [0.2, 0.25) is 0 Å². The standard InChI is InChI=1S/C12H25N5O2S/c1-4-5-13-10-12-11-17(15-14-12)7-6-16(2)8-9-20(3,18)19/h11,13H,4-10H2,1-3H3. The number of hydrogen-bond donors (Lipinski definition) is 1. The number of nitrogens with one attached hydrogen (secondary N) is 1. The largest absolute Gasteiger partial charge is 0.311 e. The Morgan fingerprint density at radius 3 is 2.80 bits per heavy atom. The molecule has 116 valence electrons. The molecule has 0 saturated carbocycles. The van der Waals surface area contributed by atoms with Crippen molar-refractivity contribution in [2.75, 3.05) is 38.7 Å². The fraction of sp³-hybridized carbons (Fsp3) is 0.833. The lowest BCUT2D eigenvalue weighted by Crippen LogP contribution is -2.28. The van der Waals surface area contributed by atoms with E-state index in [9.17, 15) is 8.42 Å². The summed E-state index contributed by atoms with van der Waals surface area (Å²) in [7, 11) is -0.987. The first-order valence-electron chi connectivity index (χ1n) is 6.86. The van der Waals surface area contributed by atoms with E-state index in [1.165, 1.54) is 6.26 Å². The van der Waals surface area contributed by atoms with Crippen LogP contribution in [0.25, 0.3) is 0 Å². The minimum Gasteiger partial charge on any atom is -0.311 e. The Kier molecular flexibility index (Phi) is 7.11. The molecule has 1 rings (SSSR count). The van der Waals surface area contributed by atoms with Crippen LogP contribution < -0.4 is 5.32 Å². The van der Waals surface area contributed by atoms with E-state index in [0.717, 1.165) is 31.7 Å². The minimum absolute atomic E-state index is 0.188. The van der Waals surface area contributed by atoms with Gasteiger partial charge in [0, 0.05) is 32.1 Å². The molecule has 0 bridgehead atoms. The smallest absolute Gasteiger partial charge is 0.148 e. The summed E-state index contributed by atoms with van der Waals surface area (Å²) in [4.78, 5) is 1.98. The Balaban J connectivity index is 2.27. The van der Waals surface area contributed by atoms with Crippen molar-refractivity contribution in [1.82, 2.24) is 25.2 Å². The molecule has 0 saturated heterocycles. The van der Waals surface area contributed by atoms with Gasteiger partial charge in [-0.3, -0.25) is 4.68 Å². The van der Waals surface area contributed by atoms with E-state index in [1.807, 2.05) is 18.1 Å². The molecular formula is C12H25N5O2S. The highest BCUT2D eigenvalue weighted by Crippen LogP contribution is 1.94. The Bertz CT molecular complexity index is 486. The lowest BCUT2D eigenvalue weighted by Gasteiger charge is -2.15. The molecule has 0 fully saturated rings. The summed E-state index contributed by atoms with van der Waals surface area (Å²) in [6, 6.07) is 0. The third kappa shape index (κ3) is 7.56. The van der Waals surface area contributed by atoms with Crippen molar-refractivity contribution in [3.05, 3.63) is 11.9 Å². The molecule has 0 radical (unpaired) electrons. The lowest BCUT2D eigenvalue weighted by atomic mass is 10.4. The Labute approximate surface area is 121 Å². The highest BCUT2D eigenvalue weighted by atomic mass is 32.2. The fourth-order valence-electron chi connectivity index (χ4n) is 1.63. The molecule has 1 aromatic heterocycles. The van der Waals surface area contributed by atoms with E-state index >= 15 is 0 Å². The van der Waals surface area contributed by atoms with Gasteiger partial charge in [-0.15, -0.1) is 5.10 Å². The van der Waals surface area contributed by atoms with Gasteiger partial charge in [0.05, 0.1) is 18.0 Å². The molecule has 0 aliphatic heterocycles. The van der Waals surface area contributed by atoms with Crippen molar-refractivity contribution < 1.29 is 8.42 Å². The van der Waals surface area contributed by atoms with Crippen LogP contribution in [0.5, 0.6) is 0 Å². The maximum absolute atomic E-state index is 11.1. The van der Waals surface area contributed by atoms with Gasteiger partial charge in [0.15, 0.2) is 0 Å². The zero-order chi connectivity index (χ0) is 15.0. The van der Waals surface area contributed by atoms with Crippen molar-refractivity contribution >= 4 is 9.84 Å². The molecule has 7 nitrogen and oxygen atoms in total. The first kappa shape index (κ1) is 17.1. The Morgan fingerprint density at radius 1 is 1.40 bits per heavy atom. The van der Waals surface area contributed by atoms with Gasteiger partial charge in [-0.2, -0.15) is 0 Å². The summed E-state index contributed by atoms with van der Waals surface area (Å²) >= 11 is 0. The highest BCUT2D eigenvalue weighted by Gasteiger charge is 2.06. The maximum Gasteiger partial charge on any atom is 0.148 e. The van der Waals surface area contributed by atoms with Crippen LogP contribution in [0.4, 0.5) is 0 Å². The van der Waals surface area contributed by atoms with Crippen LogP contribution in [0.15, 0.2) is 6.20 Å². The maximum atomic E-state index is 11.1. The number of hydrogen-bond acceptors (Lipinski definition) is 6. The molecule has 8 heteroatoms. The number of likely N-dealkylation sites (N-methyl/N-ethyl adjacent to an activating group) is 1. The van der Waals surface area contributed by atoms with E-state index in [1.54, 1.807) is 4.68 Å². The highest BCUT2D eigenvalue weighted by molar-refractivity contribution is 7.90. The van der Waals surface area contributed by atoms with E-state index in [2.05, 4.69) is 22.6 Å². The molecular weight excluding hydrogens is 278 g/mol. The SMILES string of the molecule is CCCNCc1cn(CCN(C)CCS(C)(=O)=O)nn1. The molecule has 1 N–H and O–H groups in total. The van der Waals surface area contributed by atoms with E-state index < -0.39 is 9.84 Å². The van der Waals surface area contributed by atoms with Crippen molar-refractivity contribution in [3.8, 4) is 0 Å². The van der Waals surface area contributed by atoms with Crippen molar-refractivity contribution in [3.63, 3.8) is 0 Å². The van der Waals surface area contributed by atoms with Crippen LogP contribution in [0.1, 0.15) is 19.0 Å². The molecule has 0 atom stereocenters. The van der Waals surface area contributed by atoms with Gasteiger partial charge in [0.2, 0.25) is 0 Å². The third-order valence-corrected chi connectivity index (χ3v) is 3.80. The molecule has 0 aliphatic carbocycles. The molecule has 0 unspecified atom stereocenters. The molecule has 0 aromatic carbocycles. The molecule has 20 heavy (non-hydrogen) atoms. The zero-order valence-corrected chi connectivity index (χ0v) is 13.4. The molecule has 0 spiro atoms. The monoisotopic (exact) mass is 303 g/mol. The normalized spacial score (nSPS) is 12.2. The van der Waals surface area contributed by atoms with Crippen LogP contribution in [-0.2, 0) is 22.9 Å². The first-order chi connectivity index (χ1) is 9.40. The first-order valence-corrected chi connectivity index (χ1v) is 8.92. The average Bonchev–Trinajstić information content (AvgIpc) is 2.81. The summed E-state index contributed by atoms with van der Waals surface area (Å²) in [5.74, 6) is 0.188. The number of sulfone groups is 1. The average molecular weight is 303 g/mol. The second-order valence-electron chi connectivity index (χ2n) is 5.08. The van der Waals surface area contributed by atoms with Gasteiger partial charge in [0.1, 0.15) is 9.84 Å². The lowest BCUT2D eigenvalue weighted by molar-refractivity contribution is 0.327. The van der Waals surface area contributed by atoms with Gasteiger partial charge in [0.25, 0.3) is 0 Å². The topological polar surface area (TPSA) is 80.1 Å². The second kappa shape index (κ2) is 8.33. The van der Waals surface area contributed by atoms with Gasteiger partial charge in [-0.1, -0.05) is 12.1 Å². The molecule has 1 heterocycles. The van der Waals surface area contributed by atoms with Gasteiger partial charge in [-0.05, 0) is 20.0 Å². The minimum atomic E-state index is -2.90. The molecule has 1 aromatic rings. The molecule has 0 amide bonds. The molecule has 0 aliphatic rings. The Hall–Kier alpha value is -0.990. The van der Waals surface area contributed by atoms with Gasteiger partial charge < -0.3 is 10.2 Å². The van der Waals surface area contributed by atoms with Crippen LogP contribution >= 0.6 is 0 Å². The van der Waals surface area contributed by atoms with Crippen molar-refractivity contribution in [2.24, 2.45) is 0 Å². The summed E-state index contributed by atoms with van der Waals surface area (Å²) in [5.41, 5.74) is 0.928. The quantitative estimate of drug-likeness (QED) is 0.601. The van der Waals surface area contributed by atoms with Gasteiger partial charge >= 0.3 is 0 Å². The van der Waals surface area contributed by atoms with Gasteiger partial charge in [-0.25, -0.2) is 8.42 Å². The number of nitrogens with zero attached hydrogens (tertiary/aromatic N) is 4. The van der Waals surface area contributed by atoms with Crippen LogP contribution in [0.3, 0.4) is 0 Å². The zero-order valence-electron chi connectivity index (χ0n) is 12.5.